The van der Waals surface area contributed by atoms with E-state index in [9.17, 15) is 18.4 Å². The molecule has 2 aromatic carbocycles. The summed E-state index contributed by atoms with van der Waals surface area (Å²) in [7, 11) is -4.35. The van der Waals surface area contributed by atoms with E-state index in [4.69, 9.17) is 22.1 Å². The zero-order valence-electron chi connectivity index (χ0n) is 15.1. The number of primary amides is 1. The van der Waals surface area contributed by atoms with Crippen molar-refractivity contribution in [3.8, 4) is 11.5 Å². The maximum Gasteiger partial charge on any atom is 0.265 e. The molecule has 0 bridgehead atoms. The Kier molecular flexibility index (Phi) is 6.16. The predicted molar refractivity (Wildman–Crippen MR) is 101 cm³/mol. The minimum Gasteiger partial charge on any atom is -0.457 e. The van der Waals surface area contributed by atoms with Gasteiger partial charge in [0.15, 0.2) is 0 Å². The third-order valence-electron chi connectivity index (χ3n) is 3.73. The fourth-order valence-corrected chi connectivity index (χ4v) is 3.95. The van der Waals surface area contributed by atoms with E-state index in [0.29, 0.717) is 16.5 Å². The maximum absolute atomic E-state index is 12.6. The third kappa shape index (κ3) is 4.98. The molecule has 0 aliphatic heterocycles. The molecule has 0 aromatic heterocycles. The SMILES string of the molecule is CC(C)(C)[C@@H](C(N)=O)N(O)S(=O)(=O)c1ccc(Oc2ccc(Cl)cc2)cc1. The van der Waals surface area contributed by atoms with Crippen LogP contribution in [0.25, 0.3) is 0 Å². The van der Waals surface area contributed by atoms with Gasteiger partial charge in [-0.3, -0.25) is 10.0 Å². The molecule has 0 unspecified atom stereocenters. The fraction of sp³-hybridized carbons (Fsp3) is 0.278. The standard InChI is InChI=1S/C18H21ClN2O5S/c1-18(2,3)16(17(20)22)21(23)27(24,25)15-10-8-14(9-11-15)26-13-6-4-12(19)5-7-13/h4-11,16,23H,1-3H3,(H2,20,22)/t16-/m1/s1. The lowest BCUT2D eigenvalue weighted by atomic mass is 9.87. The lowest BCUT2D eigenvalue weighted by molar-refractivity contribution is -0.138. The maximum atomic E-state index is 12.6. The van der Waals surface area contributed by atoms with Crippen LogP contribution in [0.15, 0.2) is 53.4 Å². The van der Waals surface area contributed by atoms with Gasteiger partial charge in [0.25, 0.3) is 10.0 Å². The average molecular weight is 413 g/mol. The Morgan fingerprint density at radius 2 is 1.52 bits per heavy atom. The molecule has 0 spiro atoms. The number of ether oxygens (including phenoxy) is 1. The molecule has 0 aliphatic rings. The highest BCUT2D eigenvalue weighted by atomic mass is 35.5. The number of benzene rings is 2. The Morgan fingerprint density at radius 3 is 1.93 bits per heavy atom. The molecule has 3 N–H and O–H groups in total. The smallest absolute Gasteiger partial charge is 0.265 e. The summed E-state index contributed by atoms with van der Waals surface area (Å²) in [6.07, 6.45) is 0. The summed E-state index contributed by atoms with van der Waals surface area (Å²) in [6.45, 7) is 4.80. The van der Waals surface area contributed by atoms with Gasteiger partial charge in [-0.2, -0.15) is 0 Å². The third-order valence-corrected chi connectivity index (χ3v) is 5.55. The molecule has 1 amide bonds. The highest BCUT2D eigenvalue weighted by Crippen LogP contribution is 2.29. The molecule has 0 aliphatic carbocycles. The van der Waals surface area contributed by atoms with Crippen LogP contribution in [0.2, 0.25) is 5.02 Å². The summed E-state index contributed by atoms with van der Waals surface area (Å²) < 4.78 is 30.9. The summed E-state index contributed by atoms with van der Waals surface area (Å²) in [4.78, 5) is 11.5. The zero-order chi connectivity index (χ0) is 20.4. The minimum absolute atomic E-state index is 0.0182. The van der Waals surface area contributed by atoms with Gasteiger partial charge >= 0.3 is 0 Å². The van der Waals surface area contributed by atoms with Crippen LogP contribution in [-0.4, -0.2) is 30.0 Å². The Balaban J connectivity index is 2.26. The molecular weight excluding hydrogens is 392 g/mol. The van der Waals surface area contributed by atoms with Crippen molar-refractivity contribution in [3.63, 3.8) is 0 Å². The first-order valence-electron chi connectivity index (χ1n) is 7.99. The van der Waals surface area contributed by atoms with Crippen molar-refractivity contribution in [2.75, 3.05) is 0 Å². The van der Waals surface area contributed by atoms with Gasteiger partial charge in [0, 0.05) is 5.02 Å². The van der Waals surface area contributed by atoms with Crippen LogP contribution in [0.5, 0.6) is 11.5 Å². The summed E-state index contributed by atoms with van der Waals surface area (Å²) in [5.41, 5.74) is 4.39. The Morgan fingerprint density at radius 1 is 1.07 bits per heavy atom. The molecule has 7 nitrogen and oxygen atoms in total. The fourth-order valence-electron chi connectivity index (χ4n) is 2.43. The van der Waals surface area contributed by atoms with Crippen molar-refractivity contribution in [2.45, 2.75) is 31.7 Å². The van der Waals surface area contributed by atoms with Crippen LogP contribution in [0.3, 0.4) is 0 Å². The molecule has 1 atom stereocenters. The van der Waals surface area contributed by atoms with E-state index < -0.39 is 27.4 Å². The molecule has 2 aromatic rings. The van der Waals surface area contributed by atoms with Gasteiger partial charge < -0.3 is 10.5 Å². The van der Waals surface area contributed by atoms with Gasteiger partial charge in [-0.25, -0.2) is 8.42 Å². The van der Waals surface area contributed by atoms with E-state index in [-0.39, 0.29) is 9.36 Å². The molecule has 27 heavy (non-hydrogen) atoms. The van der Waals surface area contributed by atoms with Gasteiger partial charge in [-0.05, 0) is 53.9 Å². The molecule has 0 saturated carbocycles. The number of hydroxylamine groups is 1. The van der Waals surface area contributed by atoms with Crippen LogP contribution < -0.4 is 10.5 Å². The van der Waals surface area contributed by atoms with Crippen LogP contribution >= 0.6 is 11.6 Å². The second-order valence-electron chi connectivity index (χ2n) is 6.98. The minimum atomic E-state index is -4.35. The van der Waals surface area contributed by atoms with Crippen LogP contribution in [0, 0.1) is 5.41 Å². The van der Waals surface area contributed by atoms with Crippen molar-refractivity contribution in [2.24, 2.45) is 11.1 Å². The topological polar surface area (TPSA) is 110 Å². The highest BCUT2D eigenvalue weighted by Gasteiger charge is 2.41. The monoisotopic (exact) mass is 412 g/mol. The second-order valence-corrected chi connectivity index (χ2v) is 9.21. The number of nitrogens with zero attached hydrogens (tertiary/aromatic N) is 1. The molecule has 0 fully saturated rings. The van der Waals surface area contributed by atoms with E-state index in [2.05, 4.69) is 0 Å². The van der Waals surface area contributed by atoms with Crippen molar-refractivity contribution >= 4 is 27.5 Å². The number of sulfonamides is 1. The van der Waals surface area contributed by atoms with E-state index >= 15 is 0 Å². The molecule has 0 saturated heterocycles. The number of rotatable bonds is 6. The van der Waals surface area contributed by atoms with Crippen molar-refractivity contribution in [3.05, 3.63) is 53.6 Å². The van der Waals surface area contributed by atoms with Gasteiger partial charge in [0.2, 0.25) is 5.91 Å². The Hall–Kier alpha value is -2.13. The number of carbonyl (C=O) groups is 1. The summed E-state index contributed by atoms with van der Waals surface area (Å²) in [6, 6.07) is 10.7. The first-order valence-corrected chi connectivity index (χ1v) is 9.81. The van der Waals surface area contributed by atoms with Gasteiger partial charge in [0.1, 0.15) is 17.5 Å². The lowest BCUT2D eigenvalue weighted by Crippen LogP contribution is -2.52. The van der Waals surface area contributed by atoms with Gasteiger partial charge in [-0.15, -0.1) is 0 Å². The van der Waals surface area contributed by atoms with Gasteiger partial charge in [0.05, 0.1) is 4.90 Å². The summed E-state index contributed by atoms with van der Waals surface area (Å²) >= 11 is 5.81. The average Bonchev–Trinajstić information content (AvgIpc) is 2.56. The van der Waals surface area contributed by atoms with Crippen molar-refractivity contribution < 1.29 is 23.2 Å². The van der Waals surface area contributed by atoms with Gasteiger partial charge in [-0.1, -0.05) is 36.8 Å². The highest BCUT2D eigenvalue weighted by molar-refractivity contribution is 7.89. The quantitative estimate of drug-likeness (QED) is 0.706. The van der Waals surface area contributed by atoms with E-state index in [0.717, 1.165) is 0 Å². The first-order chi connectivity index (χ1) is 12.4. The van der Waals surface area contributed by atoms with E-state index in [1.54, 1.807) is 45.0 Å². The normalized spacial score (nSPS) is 13.4. The van der Waals surface area contributed by atoms with Crippen molar-refractivity contribution in [1.82, 2.24) is 4.47 Å². The predicted octanol–water partition coefficient (Wildman–Crippen LogP) is 3.41. The second kappa shape index (κ2) is 7.85. The summed E-state index contributed by atoms with van der Waals surface area (Å²) in [5.74, 6) is -0.0281. The molecule has 146 valence electrons. The number of hydrogen-bond acceptors (Lipinski definition) is 5. The van der Waals surface area contributed by atoms with E-state index in [1.807, 2.05) is 0 Å². The van der Waals surface area contributed by atoms with Crippen LogP contribution in [0.1, 0.15) is 20.8 Å². The number of amides is 1. The zero-order valence-corrected chi connectivity index (χ0v) is 16.7. The van der Waals surface area contributed by atoms with Crippen LogP contribution in [0.4, 0.5) is 0 Å². The Labute approximate surface area is 163 Å². The number of hydrogen-bond donors (Lipinski definition) is 2. The summed E-state index contributed by atoms with van der Waals surface area (Å²) in [5, 5.41) is 10.8. The molecule has 0 radical (unpaired) electrons. The Bertz CT molecular complexity index is 906. The molecule has 2 rings (SSSR count). The largest absolute Gasteiger partial charge is 0.457 e. The van der Waals surface area contributed by atoms with E-state index in [1.165, 1.54) is 24.3 Å². The molecule has 0 heterocycles. The molecule has 9 heteroatoms. The van der Waals surface area contributed by atoms with Crippen molar-refractivity contribution in [1.29, 1.82) is 0 Å². The molecular formula is C18H21ClN2O5S. The van der Waals surface area contributed by atoms with Crippen LogP contribution in [-0.2, 0) is 14.8 Å². The number of carbonyl (C=O) groups excluding carboxylic acids is 1. The lowest BCUT2D eigenvalue weighted by Gasteiger charge is -2.32. The first kappa shape index (κ1) is 21.2. The number of nitrogens with two attached hydrogens (primary N) is 1. The number of halogens is 1.